The molecule has 0 bridgehead atoms. The molecule has 0 aliphatic carbocycles. The second-order valence-electron chi connectivity index (χ2n) is 5.36. The van der Waals surface area contributed by atoms with Gasteiger partial charge in [0.2, 0.25) is 0 Å². The third-order valence-corrected chi connectivity index (χ3v) is 4.38. The summed E-state index contributed by atoms with van der Waals surface area (Å²) in [6, 6.07) is 10.7. The predicted molar refractivity (Wildman–Crippen MR) is 97.3 cm³/mol. The van der Waals surface area contributed by atoms with E-state index in [1.807, 2.05) is 24.4 Å². The first-order valence-electron chi connectivity index (χ1n) is 7.45. The molecule has 0 aliphatic rings. The third kappa shape index (κ3) is 3.50. The summed E-state index contributed by atoms with van der Waals surface area (Å²) in [4.78, 5) is 15.4. The van der Waals surface area contributed by atoms with E-state index in [1.54, 1.807) is 25.3 Å². The average Bonchev–Trinajstić information content (AvgIpc) is 2.97. The Morgan fingerprint density at radius 2 is 2.04 bits per heavy atom. The molecule has 24 heavy (non-hydrogen) atoms. The van der Waals surface area contributed by atoms with Gasteiger partial charge in [-0.3, -0.25) is 4.79 Å². The highest BCUT2D eigenvalue weighted by Gasteiger charge is 2.11. The lowest BCUT2D eigenvalue weighted by Crippen LogP contribution is -2.25. The Morgan fingerprint density at radius 1 is 1.21 bits per heavy atom. The molecule has 0 unspecified atom stereocenters. The molecule has 3 rings (SSSR count). The standard InChI is InChI=1S/C18H16Cl2N2O2/c1-24-13-3-5-17-15(9-13)11(10-22-17)6-7-21-18(23)14-4-2-12(19)8-16(14)20/h2-5,8-10,22H,6-7H2,1H3,(H,21,23). The molecule has 0 radical (unpaired) electrons. The Labute approximate surface area is 149 Å². The first-order valence-corrected chi connectivity index (χ1v) is 8.21. The third-order valence-electron chi connectivity index (χ3n) is 3.83. The summed E-state index contributed by atoms with van der Waals surface area (Å²) in [7, 11) is 1.64. The van der Waals surface area contributed by atoms with Crippen LogP contribution < -0.4 is 10.1 Å². The van der Waals surface area contributed by atoms with Crippen LogP contribution in [0, 0.1) is 0 Å². The maximum absolute atomic E-state index is 12.2. The molecular weight excluding hydrogens is 347 g/mol. The quantitative estimate of drug-likeness (QED) is 0.703. The molecule has 0 aliphatic heterocycles. The lowest BCUT2D eigenvalue weighted by atomic mass is 10.1. The molecule has 2 aromatic carbocycles. The minimum absolute atomic E-state index is 0.214. The number of carbonyl (C=O) groups excluding carboxylic acids is 1. The van der Waals surface area contributed by atoms with Crippen LogP contribution in [0.3, 0.4) is 0 Å². The van der Waals surface area contributed by atoms with Gasteiger partial charge in [-0.25, -0.2) is 0 Å². The van der Waals surface area contributed by atoms with Crippen molar-refractivity contribution in [3.63, 3.8) is 0 Å². The van der Waals surface area contributed by atoms with Crippen molar-refractivity contribution in [2.75, 3.05) is 13.7 Å². The van der Waals surface area contributed by atoms with Gasteiger partial charge in [-0.1, -0.05) is 23.2 Å². The van der Waals surface area contributed by atoms with Crippen molar-refractivity contribution in [3.8, 4) is 5.75 Å². The molecule has 0 atom stereocenters. The Morgan fingerprint density at radius 3 is 2.79 bits per heavy atom. The summed E-state index contributed by atoms with van der Waals surface area (Å²) in [6.07, 6.45) is 2.65. The summed E-state index contributed by atoms with van der Waals surface area (Å²) in [5, 5.41) is 4.82. The normalized spacial score (nSPS) is 10.8. The molecule has 6 heteroatoms. The van der Waals surface area contributed by atoms with Crippen molar-refractivity contribution in [3.05, 3.63) is 63.8 Å². The van der Waals surface area contributed by atoms with Crippen molar-refractivity contribution in [2.24, 2.45) is 0 Å². The largest absolute Gasteiger partial charge is 0.497 e. The monoisotopic (exact) mass is 362 g/mol. The van der Waals surface area contributed by atoms with E-state index in [-0.39, 0.29) is 5.91 Å². The van der Waals surface area contributed by atoms with E-state index < -0.39 is 0 Å². The molecule has 0 spiro atoms. The molecule has 1 heterocycles. The van der Waals surface area contributed by atoms with Gasteiger partial charge in [0, 0.05) is 28.7 Å². The number of benzene rings is 2. The molecule has 1 amide bonds. The van der Waals surface area contributed by atoms with Gasteiger partial charge in [0.05, 0.1) is 17.7 Å². The molecule has 4 nitrogen and oxygen atoms in total. The summed E-state index contributed by atoms with van der Waals surface area (Å²) >= 11 is 11.9. The molecule has 0 fully saturated rings. The van der Waals surface area contributed by atoms with Gasteiger partial charge in [-0.2, -0.15) is 0 Å². The van der Waals surface area contributed by atoms with E-state index in [4.69, 9.17) is 27.9 Å². The topological polar surface area (TPSA) is 54.1 Å². The van der Waals surface area contributed by atoms with Crippen LogP contribution in [0.2, 0.25) is 10.0 Å². The van der Waals surface area contributed by atoms with Gasteiger partial charge in [-0.05, 0) is 48.4 Å². The Bertz CT molecular complexity index is 890. The van der Waals surface area contributed by atoms with Crippen molar-refractivity contribution in [1.82, 2.24) is 10.3 Å². The van der Waals surface area contributed by atoms with E-state index in [1.165, 1.54) is 0 Å². The first kappa shape index (κ1) is 16.7. The first-order chi connectivity index (χ1) is 11.6. The van der Waals surface area contributed by atoms with Crippen LogP contribution in [-0.4, -0.2) is 24.5 Å². The lowest BCUT2D eigenvalue weighted by molar-refractivity contribution is 0.0954. The van der Waals surface area contributed by atoms with Gasteiger partial charge in [-0.15, -0.1) is 0 Å². The number of ether oxygens (including phenoxy) is 1. The second kappa shape index (κ2) is 7.16. The number of amides is 1. The molecule has 0 saturated carbocycles. The summed E-state index contributed by atoms with van der Waals surface area (Å²) in [5.74, 6) is 0.592. The van der Waals surface area contributed by atoms with Crippen LogP contribution in [0.1, 0.15) is 15.9 Å². The molecular formula is C18H16Cl2N2O2. The fourth-order valence-corrected chi connectivity index (χ4v) is 3.07. The van der Waals surface area contributed by atoms with Crippen LogP contribution in [-0.2, 0) is 6.42 Å². The number of aromatic nitrogens is 1. The van der Waals surface area contributed by atoms with Gasteiger partial charge in [0.15, 0.2) is 0 Å². The van der Waals surface area contributed by atoms with Crippen molar-refractivity contribution in [2.45, 2.75) is 6.42 Å². The zero-order valence-corrected chi connectivity index (χ0v) is 14.5. The van der Waals surface area contributed by atoms with Gasteiger partial charge >= 0.3 is 0 Å². The Balaban J connectivity index is 1.67. The second-order valence-corrected chi connectivity index (χ2v) is 6.20. The van der Waals surface area contributed by atoms with Gasteiger partial charge in [0.25, 0.3) is 5.91 Å². The van der Waals surface area contributed by atoms with Crippen LogP contribution >= 0.6 is 23.2 Å². The number of hydrogen-bond acceptors (Lipinski definition) is 2. The number of methoxy groups -OCH3 is 1. The van der Waals surface area contributed by atoms with Crippen LogP contribution in [0.4, 0.5) is 0 Å². The fourth-order valence-electron chi connectivity index (χ4n) is 2.57. The smallest absolute Gasteiger partial charge is 0.252 e. The van der Waals surface area contributed by atoms with Gasteiger partial charge in [0.1, 0.15) is 5.75 Å². The minimum Gasteiger partial charge on any atom is -0.497 e. The lowest BCUT2D eigenvalue weighted by Gasteiger charge is -2.07. The maximum Gasteiger partial charge on any atom is 0.252 e. The van der Waals surface area contributed by atoms with E-state index in [2.05, 4.69) is 10.3 Å². The van der Waals surface area contributed by atoms with E-state index >= 15 is 0 Å². The number of carbonyl (C=O) groups is 1. The molecule has 2 N–H and O–H groups in total. The predicted octanol–water partition coefficient (Wildman–Crippen LogP) is 4.46. The molecule has 0 saturated heterocycles. The van der Waals surface area contributed by atoms with Crippen molar-refractivity contribution < 1.29 is 9.53 Å². The van der Waals surface area contributed by atoms with E-state index in [0.29, 0.717) is 28.6 Å². The number of halogens is 2. The average molecular weight is 363 g/mol. The highest BCUT2D eigenvalue weighted by Crippen LogP contribution is 2.24. The Kier molecular flexibility index (Phi) is 4.97. The van der Waals surface area contributed by atoms with Crippen molar-refractivity contribution >= 4 is 40.0 Å². The minimum atomic E-state index is -0.214. The maximum atomic E-state index is 12.2. The fraction of sp³-hybridized carbons (Fsp3) is 0.167. The van der Waals surface area contributed by atoms with Crippen LogP contribution in [0.25, 0.3) is 10.9 Å². The molecule has 124 valence electrons. The highest BCUT2D eigenvalue weighted by atomic mass is 35.5. The van der Waals surface area contributed by atoms with E-state index in [0.717, 1.165) is 22.2 Å². The number of H-pyrrole nitrogens is 1. The van der Waals surface area contributed by atoms with E-state index in [9.17, 15) is 4.79 Å². The number of nitrogens with one attached hydrogen (secondary N) is 2. The number of aromatic amines is 1. The highest BCUT2D eigenvalue weighted by molar-refractivity contribution is 6.36. The number of hydrogen-bond donors (Lipinski definition) is 2. The van der Waals surface area contributed by atoms with Gasteiger partial charge < -0.3 is 15.0 Å². The summed E-state index contributed by atoms with van der Waals surface area (Å²) in [5.41, 5.74) is 2.57. The molecule has 3 aromatic rings. The van der Waals surface area contributed by atoms with Crippen LogP contribution in [0.15, 0.2) is 42.6 Å². The summed E-state index contributed by atoms with van der Waals surface area (Å²) < 4.78 is 5.26. The zero-order chi connectivity index (χ0) is 17.1. The zero-order valence-electron chi connectivity index (χ0n) is 13.0. The van der Waals surface area contributed by atoms with Crippen LogP contribution in [0.5, 0.6) is 5.75 Å². The summed E-state index contributed by atoms with van der Waals surface area (Å²) in [6.45, 7) is 0.502. The Hall–Kier alpha value is -2.17. The number of rotatable bonds is 5. The molecule has 1 aromatic heterocycles. The number of fused-ring (bicyclic) bond motifs is 1. The SMILES string of the molecule is COc1ccc2[nH]cc(CCNC(=O)c3ccc(Cl)cc3Cl)c2c1. The van der Waals surface area contributed by atoms with Crippen molar-refractivity contribution in [1.29, 1.82) is 0 Å².